The van der Waals surface area contributed by atoms with Crippen molar-refractivity contribution in [2.45, 2.75) is 26.1 Å². The van der Waals surface area contributed by atoms with Crippen LogP contribution in [-0.4, -0.2) is 18.1 Å². The first-order chi connectivity index (χ1) is 7.71. The summed E-state index contributed by atoms with van der Waals surface area (Å²) in [5.74, 6) is -1.65. The molecule has 2 N–H and O–H groups in total. The molecule has 0 aromatic heterocycles. The molecule has 0 saturated carbocycles. The summed E-state index contributed by atoms with van der Waals surface area (Å²) in [6.45, 7) is 3.52. The zero-order valence-corrected chi connectivity index (χ0v) is 9.34. The van der Waals surface area contributed by atoms with Gasteiger partial charge in [-0.2, -0.15) is 13.2 Å². The normalized spacial score (nSPS) is 11.6. The summed E-state index contributed by atoms with van der Waals surface area (Å²) in [4.78, 5) is 10.9. The summed E-state index contributed by atoms with van der Waals surface area (Å²) >= 11 is 0. The summed E-state index contributed by atoms with van der Waals surface area (Å²) in [6.07, 6.45) is -5.05. The van der Waals surface area contributed by atoms with Crippen LogP contribution in [0.1, 0.15) is 24.2 Å². The second kappa shape index (κ2) is 4.65. The van der Waals surface area contributed by atoms with E-state index in [0.717, 1.165) is 12.1 Å². The Morgan fingerprint density at radius 3 is 2.35 bits per heavy atom. The van der Waals surface area contributed by atoms with Crippen LogP contribution in [0.15, 0.2) is 18.2 Å². The number of alkyl halides is 3. The van der Waals surface area contributed by atoms with Gasteiger partial charge in [-0.25, -0.2) is 0 Å². The third kappa shape index (κ3) is 3.37. The summed E-state index contributed by atoms with van der Waals surface area (Å²) in [6, 6.07) is 3.27. The molecule has 1 aromatic carbocycles. The monoisotopic (exact) mass is 247 g/mol. The molecule has 0 radical (unpaired) electrons. The van der Waals surface area contributed by atoms with E-state index in [0.29, 0.717) is 0 Å². The molecule has 0 aliphatic rings. The fourth-order valence-corrected chi connectivity index (χ4v) is 1.21. The van der Waals surface area contributed by atoms with E-state index in [1.807, 2.05) is 0 Å². The maximum Gasteiger partial charge on any atom is 0.454 e. The number of carbonyl (C=O) groups is 1. The van der Waals surface area contributed by atoms with Crippen molar-refractivity contribution in [1.82, 2.24) is 0 Å². The minimum atomic E-state index is -4.90. The fraction of sp³-hybridized carbons (Fsp3) is 0.364. The lowest BCUT2D eigenvalue weighted by Crippen LogP contribution is -2.22. The Morgan fingerprint density at radius 1 is 1.35 bits per heavy atom. The molecule has 1 aromatic rings. The number of Topliss-reactive ketones (excluding diaryl/α,β-unsaturated/α-hetero) is 1. The highest BCUT2D eigenvalue weighted by Gasteiger charge is 2.39. The van der Waals surface area contributed by atoms with Crippen molar-refractivity contribution in [1.29, 1.82) is 0 Å². The average Bonchev–Trinajstić information content (AvgIpc) is 2.18. The van der Waals surface area contributed by atoms with Crippen molar-refractivity contribution in [3.8, 4) is 5.75 Å². The number of hydrogen-bond donors (Lipinski definition) is 1. The standard InChI is InChI=1S/C11H12F3NO2/c1-6(2)17-9-4-3-7(5-8(9)15)10(16)11(12,13)14/h3-6H,15H2,1-2H3. The Hall–Kier alpha value is -1.72. The van der Waals surface area contributed by atoms with E-state index in [-0.39, 0.29) is 17.5 Å². The largest absolute Gasteiger partial charge is 0.489 e. The number of carbonyl (C=O) groups excluding carboxylic acids is 1. The van der Waals surface area contributed by atoms with Crippen molar-refractivity contribution in [3.05, 3.63) is 23.8 Å². The first-order valence-electron chi connectivity index (χ1n) is 4.89. The first-order valence-corrected chi connectivity index (χ1v) is 4.89. The Bertz CT molecular complexity index is 427. The maximum atomic E-state index is 12.2. The quantitative estimate of drug-likeness (QED) is 0.660. The van der Waals surface area contributed by atoms with Crippen LogP contribution >= 0.6 is 0 Å². The second-order valence-electron chi connectivity index (χ2n) is 3.75. The van der Waals surface area contributed by atoms with Gasteiger partial charge in [0.15, 0.2) is 0 Å². The van der Waals surface area contributed by atoms with Crippen molar-refractivity contribution in [3.63, 3.8) is 0 Å². The molecule has 3 nitrogen and oxygen atoms in total. The number of nitrogens with two attached hydrogens (primary N) is 1. The molecule has 0 unspecified atom stereocenters. The average molecular weight is 247 g/mol. The third-order valence-electron chi connectivity index (χ3n) is 1.89. The molecule has 0 saturated heterocycles. The van der Waals surface area contributed by atoms with Crippen LogP contribution in [0.5, 0.6) is 5.75 Å². The predicted octanol–water partition coefficient (Wildman–Crippen LogP) is 2.80. The van der Waals surface area contributed by atoms with E-state index in [4.69, 9.17) is 10.5 Å². The van der Waals surface area contributed by atoms with Gasteiger partial charge in [0, 0.05) is 5.56 Å². The van der Waals surface area contributed by atoms with Crippen LogP contribution < -0.4 is 10.5 Å². The molecular weight excluding hydrogens is 235 g/mol. The van der Waals surface area contributed by atoms with E-state index < -0.39 is 17.5 Å². The van der Waals surface area contributed by atoms with Gasteiger partial charge in [-0.15, -0.1) is 0 Å². The summed E-state index contributed by atoms with van der Waals surface area (Å²) in [7, 11) is 0. The Morgan fingerprint density at radius 2 is 1.94 bits per heavy atom. The van der Waals surface area contributed by atoms with Crippen LogP contribution in [0.3, 0.4) is 0 Å². The molecular formula is C11H12F3NO2. The van der Waals surface area contributed by atoms with E-state index in [1.54, 1.807) is 13.8 Å². The molecule has 0 atom stereocenters. The number of rotatable bonds is 3. The molecule has 0 spiro atoms. The fourth-order valence-electron chi connectivity index (χ4n) is 1.21. The molecule has 0 amide bonds. The van der Waals surface area contributed by atoms with E-state index >= 15 is 0 Å². The van der Waals surface area contributed by atoms with Crippen LogP contribution in [0, 0.1) is 0 Å². The van der Waals surface area contributed by atoms with Crippen LogP contribution in [0.2, 0.25) is 0 Å². The lowest BCUT2D eigenvalue weighted by Gasteiger charge is -2.13. The zero-order chi connectivity index (χ0) is 13.2. The summed E-state index contributed by atoms with van der Waals surface area (Å²) < 4.78 is 41.7. The topological polar surface area (TPSA) is 52.3 Å². The van der Waals surface area contributed by atoms with Crippen molar-refractivity contribution >= 4 is 11.5 Å². The SMILES string of the molecule is CC(C)Oc1ccc(C(=O)C(F)(F)F)cc1N. The third-order valence-corrected chi connectivity index (χ3v) is 1.89. The van der Waals surface area contributed by atoms with Gasteiger partial charge in [0.1, 0.15) is 5.75 Å². The van der Waals surface area contributed by atoms with Gasteiger partial charge in [-0.1, -0.05) is 0 Å². The van der Waals surface area contributed by atoms with Crippen LogP contribution in [-0.2, 0) is 0 Å². The molecule has 0 bridgehead atoms. The van der Waals surface area contributed by atoms with Gasteiger partial charge in [0.05, 0.1) is 11.8 Å². The number of anilines is 1. The van der Waals surface area contributed by atoms with Crippen molar-refractivity contribution in [2.24, 2.45) is 0 Å². The molecule has 1 rings (SSSR count). The van der Waals surface area contributed by atoms with Crippen LogP contribution in [0.25, 0.3) is 0 Å². The minimum absolute atomic E-state index is 0.00815. The summed E-state index contributed by atoms with van der Waals surface area (Å²) in [5.41, 5.74) is 5.02. The maximum absolute atomic E-state index is 12.2. The molecule has 0 fully saturated rings. The Balaban J connectivity index is 3.01. The van der Waals surface area contributed by atoms with Gasteiger partial charge in [-0.3, -0.25) is 4.79 Å². The highest BCUT2D eigenvalue weighted by Crippen LogP contribution is 2.27. The van der Waals surface area contributed by atoms with Crippen LogP contribution in [0.4, 0.5) is 18.9 Å². The number of benzene rings is 1. The predicted molar refractivity (Wildman–Crippen MR) is 57.0 cm³/mol. The van der Waals surface area contributed by atoms with Gasteiger partial charge >= 0.3 is 6.18 Å². The van der Waals surface area contributed by atoms with E-state index in [2.05, 4.69) is 0 Å². The molecule has 0 aliphatic heterocycles. The lowest BCUT2D eigenvalue weighted by molar-refractivity contribution is -0.0885. The number of ketones is 1. The molecule has 0 aliphatic carbocycles. The molecule has 0 heterocycles. The lowest BCUT2D eigenvalue weighted by atomic mass is 10.1. The number of hydrogen-bond acceptors (Lipinski definition) is 3. The first kappa shape index (κ1) is 13.3. The van der Waals surface area contributed by atoms with Crippen molar-refractivity contribution in [2.75, 3.05) is 5.73 Å². The van der Waals surface area contributed by atoms with Crippen molar-refractivity contribution < 1.29 is 22.7 Å². The number of nitrogen functional groups attached to an aromatic ring is 1. The summed E-state index contributed by atoms with van der Waals surface area (Å²) in [5, 5.41) is 0. The zero-order valence-electron chi connectivity index (χ0n) is 9.34. The van der Waals surface area contributed by atoms with E-state index in [1.165, 1.54) is 6.07 Å². The smallest absolute Gasteiger partial charge is 0.454 e. The second-order valence-corrected chi connectivity index (χ2v) is 3.75. The Kier molecular flexibility index (Phi) is 3.65. The molecule has 6 heteroatoms. The number of halogens is 3. The molecule has 17 heavy (non-hydrogen) atoms. The van der Waals surface area contributed by atoms with Gasteiger partial charge in [0.25, 0.3) is 5.78 Å². The highest BCUT2D eigenvalue weighted by atomic mass is 19.4. The van der Waals surface area contributed by atoms with E-state index in [9.17, 15) is 18.0 Å². The highest BCUT2D eigenvalue weighted by molar-refractivity contribution is 6.01. The number of ether oxygens (including phenoxy) is 1. The Labute approximate surface area is 96.4 Å². The van der Waals surface area contributed by atoms with Gasteiger partial charge in [-0.05, 0) is 32.0 Å². The van der Waals surface area contributed by atoms with Gasteiger partial charge in [0.2, 0.25) is 0 Å². The van der Waals surface area contributed by atoms with Gasteiger partial charge < -0.3 is 10.5 Å². The molecule has 94 valence electrons. The minimum Gasteiger partial charge on any atom is -0.489 e.